The summed E-state index contributed by atoms with van der Waals surface area (Å²) in [6, 6.07) is 7.49. The maximum atomic E-state index is 9.09. The molecule has 1 aromatic carbocycles. The number of hydrogen-bond donors (Lipinski definition) is 2. The molecule has 2 rings (SSSR count). The smallest absolute Gasteiger partial charge is 0.0446 e. The maximum Gasteiger partial charge on any atom is 0.0446 e. The molecule has 0 spiro atoms. The van der Waals surface area contributed by atoms with Crippen LogP contribution in [-0.4, -0.2) is 36.9 Å². The Morgan fingerprint density at radius 2 is 2.11 bits per heavy atom. The Hall–Kier alpha value is -1.06. The van der Waals surface area contributed by atoms with Gasteiger partial charge in [-0.15, -0.1) is 0 Å². The van der Waals surface area contributed by atoms with Gasteiger partial charge in [0.15, 0.2) is 0 Å². The number of hydrogen-bond acceptors (Lipinski definition) is 3. The Morgan fingerprint density at radius 3 is 2.78 bits per heavy atom. The van der Waals surface area contributed by atoms with Gasteiger partial charge in [0.25, 0.3) is 0 Å². The Balaban J connectivity index is 2.16. The Labute approximate surface area is 110 Å². The van der Waals surface area contributed by atoms with Gasteiger partial charge in [-0.1, -0.05) is 17.7 Å². The van der Waals surface area contributed by atoms with Gasteiger partial charge < -0.3 is 15.3 Å². The first kappa shape index (κ1) is 13.4. The van der Waals surface area contributed by atoms with Gasteiger partial charge in [-0.2, -0.15) is 0 Å². The molecule has 2 atom stereocenters. The van der Waals surface area contributed by atoms with Gasteiger partial charge in [-0.05, 0) is 38.8 Å². The van der Waals surface area contributed by atoms with E-state index in [0.717, 1.165) is 19.5 Å². The lowest BCUT2D eigenvalue weighted by Gasteiger charge is -2.39. The van der Waals surface area contributed by atoms with Crippen molar-refractivity contribution in [3.8, 4) is 0 Å². The summed E-state index contributed by atoms with van der Waals surface area (Å²) >= 11 is 0. The first-order valence-electron chi connectivity index (χ1n) is 6.79. The third-order valence-corrected chi connectivity index (χ3v) is 3.63. The predicted octanol–water partition coefficient (Wildman–Crippen LogP) is 1.85. The van der Waals surface area contributed by atoms with Gasteiger partial charge in [0.05, 0.1) is 0 Å². The molecule has 1 saturated heterocycles. The first-order chi connectivity index (χ1) is 8.60. The predicted molar refractivity (Wildman–Crippen MR) is 76.2 cm³/mol. The standard InChI is InChI=1S/C15H24N2O/c1-11-4-5-15(12(2)8-11)17-9-13(3)16-14(10-17)6-7-18/h4-5,8,13-14,16,18H,6-7,9-10H2,1-3H3. The van der Waals surface area contributed by atoms with Crippen LogP contribution in [0.4, 0.5) is 5.69 Å². The molecular weight excluding hydrogens is 224 g/mol. The van der Waals surface area contributed by atoms with E-state index in [0.29, 0.717) is 12.1 Å². The summed E-state index contributed by atoms with van der Waals surface area (Å²) in [4.78, 5) is 2.44. The largest absolute Gasteiger partial charge is 0.396 e. The molecule has 100 valence electrons. The van der Waals surface area contributed by atoms with Crippen LogP contribution in [0, 0.1) is 13.8 Å². The number of rotatable bonds is 3. The molecule has 0 saturated carbocycles. The van der Waals surface area contributed by atoms with Crippen LogP contribution in [0.1, 0.15) is 24.5 Å². The van der Waals surface area contributed by atoms with Crippen LogP contribution < -0.4 is 10.2 Å². The fourth-order valence-electron chi connectivity index (χ4n) is 2.87. The highest BCUT2D eigenvalue weighted by Gasteiger charge is 2.24. The van der Waals surface area contributed by atoms with E-state index in [1.54, 1.807) is 0 Å². The third kappa shape index (κ3) is 3.03. The minimum atomic E-state index is 0.255. The van der Waals surface area contributed by atoms with E-state index < -0.39 is 0 Å². The summed E-state index contributed by atoms with van der Waals surface area (Å²) in [5.41, 5.74) is 3.98. The lowest BCUT2D eigenvalue weighted by Crippen LogP contribution is -2.56. The van der Waals surface area contributed by atoms with Crippen LogP contribution in [-0.2, 0) is 0 Å². The number of nitrogens with zero attached hydrogens (tertiary/aromatic N) is 1. The molecular formula is C15H24N2O. The minimum absolute atomic E-state index is 0.255. The van der Waals surface area contributed by atoms with Crippen LogP contribution in [0.5, 0.6) is 0 Å². The van der Waals surface area contributed by atoms with E-state index in [1.807, 2.05) is 0 Å². The number of aliphatic hydroxyl groups is 1. The Bertz CT molecular complexity index is 405. The highest BCUT2D eigenvalue weighted by atomic mass is 16.3. The molecule has 0 amide bonds. The van der Waals surface area contributed by atoms with Crippen LogP contribution in [0.2, 0.25) is 0 Å². The van der Waals surface area contributed by atoms with Crippen molar-refractivity contribution in [1.82, 2.24) is 5.32 Å². The number of aryl methyl sites for hydroxylation is 2. The summed E-state index contributed by atoms with van der Waals surface area (Å²) in [6.07, 6.45) is 0.825. The number of anilines is 1. The zero-order valence-electron chi connectivity index (χ0n) is 11.6. The second-order valence-corrected chi connectivity index (χ2v) is 5.47. The van der Waals surface area contributed by atoms with Crippen molar-refractivity contribution >= 4 is 5.69 Å². The van der Waals surface area contributed by atoms with Crippen molar-refractivity contribution in [1.29, 1.82) is 0 Å². The second kappa shape index (κ2) is 5.72. The van der Waals surface area contributed by atoms with Crippen molar-refractivity contribution in [2.24, 2.45) is 0 Å². The molecule has 2 N–H and O–H groups in total. The summed E-state index contributed by atoms with van der Waals surface area (Å²) in [7, 11) is 0. The topological polar surface area (TPSA) is 35.5 Å². The Kier molecular flexibility index (Phi) is 4.25. The molecule has 0 radical (unpaired) electrons. The van der Waals surface area contributed by atoms with Gasteiger partial charge in [0.1, 0.15) is 0 Å². The molecule has 0 aliphatic carbocycles. The number of aliphatic hydroxyl groups excluding tert-OH is 1. The van der Waals surface area contributed by atoms with E-state index in [1.165, 1.54) is 16.8 Å². The van der Waals surface area contributed by atoms with E-state index in [-0.39, 0.29) is 6.61 Å². The molecule has 3 heteroatoms. The molecule has 1 aromatic rings. The zero-order chi connectivity index (χ0) is 13.1. The SMILES string of the molecule is Cc1ccc(N2CC(C)NC(CCO)C2)c(C)c1. The molecule has 0 bridgehead atoms. The molecule has 1 heterocycles. The van der Waals surface area contributed by atoms with Gasteiger partial charge in [0.2, 0.25) is 0 Å². The summed E-state index contributed by atoms with van der Waals surface area (Å²) in [5, 5.41) is 12.6. The Morgan fingerprint density at radius 1 is 1.33 bits per heavy atom. The fourth-order valence-corrected chi connectivity index (χ4v) is 2.87. The number of piperazine rings is 1. The van der Waals surface area contributed by atoms with Crippen LogP contribution in [0.15, 0.2) is 18.2 Å². The van der Waals surface area contributed by atoms with Crippen molar-refractivity contribution in [3.63, 3.8) is 0 Å². The highest BCUT2D eigenvalue weighted by Crippen LogP contribution is 2.23. The van der Waals surface area contributed by atoms with Crippen LogP contribution >= 0.6 is 0 Å². The fraction of sp³-hybridized carbons (Fsp3) is 0.600. The van der Waals surface area contributed by atoms with Gasteiger partial charge in [0, 0.05) is 37.5 Å². The average Bonchev–Trinajstić information content (AvgIpc) is 2.28. The van der Waals surface area contributed by atoms with Crippen molar-refractivity contribution in [3.05, 3.63) is 29.3 Å². The zero-order valence-corrected chi connectivity index (χ0v) is 11.6. The van der Waals surface area contributed by atoms with Crippen molar-refractivity contribution in [2.45, 2.75) is 39.3 Å². The molecule has 3 nitrogen and oxygen atoms in total. The molecule has 1 aliphatic rings. The van der Waals surface area contributed by atoms with Gasteiger partial charge in [-0.3, -0.25) is 0 Å². The van der Waals surface area contributed by atoms with Crippen molar-refractivity contribution < 1.29 is 5.11 Å². The average molecular weight is 248 g/mol. The monoisotopic (exact) mass is 248 g/mol. The summed E-state index contributed by atoms with van der Waals surface area (Å²) in [6.45, 7) is 8.79. The van der Waals surface area contributed by atoms with Gasteiger partial charge >= 0.3 is 0 Å². The second-order valence-electron chi connectivity index (χ2n) is 5.47. The molecule has 18 heavy (non-hydrogen) atoms. The van der Waals surface area contributed by atoms with Crippen molar-refractivity contribution in [2.75, 3.05) is 24.6 Å². The minimum Gasteiger partial charge on any atom is -0.396 e. The molecule has 2 unspecified atom stereocenters. The molecule has 0 aromatic heterocycles. The van der Waals surface area contributed by atoms with E-state index in [9.17, 15) is 0 Å². The maximum absolute atomic E-state index is 9.09. The van der Waals surface area contributed by atoms with E-state index in [2.05, 4.69) is 49.2 Å². The van der Waals surface area contributed by atoms with Crippen LogP contribution in [0.25, 0.3) is 0 Å². The number of benzene rings is 1. The molecule has 1 fully saturated rings. The normalized spacial score (nSPS) is 24.3. The summed E-state index contributed by atoms with van der Waals surface area (Å²) < 4.78 is 0. The van der Waals surface area contributed by atoms with Crippen LogP contribution in [0.3, 0.4) is 0 Å². The summed E-state index contributed by atoms with van der Waals surface area (Å²) in [5.74, 6) is 0. The third-order valence-electron chi connectivity index (χ3n) is 3.63. The lowest BCUT2D eigenvalue weighted by atomic mass is 10.0. The number of nitrogens with one attached hydrogen (secondary N) is 1. The quantitative estimate of drug-likeness (QED) is 0.857. The highest BCUT2D eigenvalue weighted by molar-refractivity contribution is 5.55. The van der Waals surface area contributed by atoms with E-state index >= 15 is 0 Å². The van der Waals surface area contributed by atoms with Gasteiger partial charge in [-0.25, -0.2) is 0 Å². The first-order valence-corrected chi connectivity index (χ1v) is 6.79. The molecule has 1 aliphatic heterocycles. The van der Waals surface area contributed by atoms with E-state index in [4.69, 9.17) is 5.11 Å². The lowest BCUT2D eigenvalue weighted by molar-refractivity contribution is 0.250.